The van der Waals surface area contributed by atoms with E-state index in [2.05, 4.69) is 44.9 Å². The first kappa shape index (κ1) is 11.7. The SMILES string of the molecule is CC(C)NCc1scnc1C(C)(C)C. The Labute approximate surface area is 90.8 Å². The summed E-state index contributed by atoms with van der Waals surface area (Å²) in [6.07, 6.45) is 0. The molecule has 0 bridgehead atoms. The van der Waals surface area contributed by atoms with Crippen molar-refractivity contribution in [2.24, 2.45) is 0 Å². The molecule has 0 atom stereocenters. The highest BCUT2D eigenvalue weighted by Crippen LogP contribution is 2.26. The van der Waals surface area contributed by atoms with Gasteiger partial charge in [0.1, 0.15) is 0 Å². The molecule has 0 unspecified atom stereocenters. The normalized spacial score (nSPS) is 12.4. The van der Waals surface area contributed by atoms with Gasteiger partial charge in [0, 0.05) is 22.9 Å². The fourth-order valence-corrected chi connectivity index (χ4v) is 2.23. The molecule has 1 aromatic rings. The average molecular weight is 212 g/mol. The topological polar surface area (TPSA) is 24.9 Å². The van der Waals surface area contributed by atoms with Crippen LogP contribution in [-0.2, 0) is 12.0 Å². The molecule has 0 fully saturated rings. The first-order chi connectivity index (χ1) is 6.41. The van der Waals surface area contributed by atoms with Gasteiger partial charge in [-0.25, -0.2) is 4.98 Å². The van der Waals surface area contributed by atoms with Crippen LogP contribution in [0.25, 0.3) is 0 Å². The van der Waals surface area contributed by atoms with E-state index in [1.165, 1.54) is 10.6 Å². The van der Waals surface area contributed by atoms with E-state index in [0.29, 0.717) is 6.04 Å². The van der Waals surface area contributed by atoms with Crippen molar-refractivity contribution in [3.8, 4) is 0 Å². The predicted molar refractivity (Wildman–Crippen MR) is 62.8 cm³/mol. The third kappa shape index (κ3) is 3.07. The Morgan fingerprint density at radius 3 is 2.57 bits per heavy atom. The maximum atomic E-state index is 4.44. The maximum absolute atomic E-state index is 4.44. The molecule has 1 heterocycles. The summed E-state index contributed by atoms with van der Waals surface area (Å²) < 4.78 is 0. The lowest BCUT2D eigenvalue weighted by Gasteiger charge is -2.18. The Bertz CT molecular complexity index is 284. The van der Waals surface area contributed by atoms with Crippen molar-refractivity contribution in [2.75, 3.05) is 0 Å². The maximum Gasteiger partial charge on any atom is 0.0798 e. The lowest BCUT2D eigenvalue weighted by Crippen LogP contribution is -2.23. The van der Waals surface area contributed by atoms with E-state index in [1.807, 2.05) is 5.51 Å². The predicted octanol–water partition coefficient (Wildman–Crippen LogP) is 2.94. The van der Waals surface area contributed by atoms with Crippen LogP contribution in [-0.4, -0.2) is 11.0 Å². The number of rotatable bonds is 3. The van der Waals surface area contributed by atoms with Gasteiger partial charge in [0.15, 0.2) is 0 Å². The second kappa shape index (κ2) is 4.41. The first-order valence-electron chi connectivity index (χ1n) is 5.07. The van der Waals surface area contributed by atoms with Crippen molar-refractivity contribution in [1.29, 1.82) is 0 Å². The average Bonchev–Trinajstić information content (AvgIpc) is 2.46. The van der Waals surface area contributed by atoms with Gasteiger partial charge in [-0.05, 0) is 0 Å². The van der Waals surface area contributed by atoms with Gasteiger partial charge in [-0.3, -0.25) is 0 Å². The minimum Gasteiger partial charge on any atom is -0.310 e. The lowest BCUT2D eigenvalue weighted by molar-refractivity contribution is 0.546. The molecule has 0 aromatic carbocycles. The van der Waals surface area contributed by atoms with E-state index in [4.69, 9.17) is 0 Å². The van der Waals surface area contributed by atoms with Crippen molar-refractivity contribution < 1.29 is 0 Å². The molecule has 3 heteroatoms. The van der Waals surface area contributed by atoms with Crippen molar-refractivity contribution >= 4 is 11.3 Å². The van der Waals surface area contributed by atoms with Gasteiger partial charge in [0.25, 0.3) is 0 Å². The summed E-state index contributed by atoms with van der Waals surface area (Å²) >= 11 is 1.74. The molecule has 0 aliphatic carbocycles. The molecule has 2 nitrogen and oxygen atoms in total. The molecule has 0 saturated carbocycles. The molecular weight excluding hydrogens is 192 g/mol. The molecule has 1 aromatic heterocycles. The second-order valence-corrected chi connectivity index (χ2v) is 5.85. The Hall–Kier alpha value is -0.410. The van der Waals surface area contributed by atoms with E-state index >= 15 is 0 Å². The standard InChI is InChI=1S/C11H20N2S/c1-8(2)12-6-9-10(11(3,4)5)13-7-14-9/h7-8,12H,6H2,1-5H3. The van der Waals surface area contributed by atoms with E-state index in [9.17, 15) is 0 Å². The van der Waals surface area contributed by atoms with Crippen molar-refractivity contribution in [3.63, 3.8) is 0 Å². The van der Waals surface area contributed by atoms with Crippen LogP contribution in [0.4, 0.5) is 0 Å². The number of hydrogen-bond acceptors (Lipinski definition) is 3. The van der Waals surface area contributed by atoms with E-state index in [-0.39, 0.29) is 5.41 Å². The van der Waals surface area contributed by atoms with Crippen molar-refractivity contribution in [3.05, 3.63) is 16.1 Å². The largest absolute Gasteiger partial charge is 0.310 e. The van der Waals surface area contributed by atoms with Crippen LogP contribution in [0.5, 0.6) is 0 Å². The van der Waals surface area contributed by atoms with E-state index in [0.717, 1.165) is 6.54 Å². The number of nitrogens with one attached hydrogen (secondary N) is 1. The number of hydrogen-bond donors (Lipinski definition) is 1. The summed E-state index contributed by atoms with van der Waals surface area (Å²) in [6.45, 7) is 11.9. The van der Waals surface area contributed by atoms with Crippen LogP contribution < -0.4 is 5.32 Å². The van der Waals surface area contributed by atoms with E-state index < -0.39 is 0 Å². The zero-order valence-corrected chi connectivity index (χ0v) is 10.5. The van der Waals surface area contributed by atoms with Crippen LogP contribution in [0.15, 0.2) is 5.51 Å². The van der Waals surface area contributed by atoms with Gasteiger partial charge in [-0.1, -0.05) is 34.6 Å². The lowest BCUT2D eigenvalue weighted by atomic mass is 9.91. The highest BCUT2D eigenvalue weighted by atomic mass is 32.1. The number of thiazole rings is 1. The van der Waals surface area contributed by atoms with Gasteiger partial charge in [-0.15, -0.1) is 11.3 Å². The van der Waals surface area contributed by atoms with Crippen LogP contribution in [0, 0.1) is 0 Å². The van der Waals surface area contributed by atoms with Crippen molar-refractivity contribution in [2.45, 2.75) is 52.6 Å². The molecule has 0 amide bonds. The zero-order valence-electron chi connectivity index (χ0n) is 9.72. The summed E-state index contributed by atoms with van der Waals surface area (Å²) in [4.78, 5) is 5.81. The summed E-state index contributed by atoms with van der Waals surface area (Å²) in [5.41, 5.74) is 3.34. The molecule has 0 saturated heterocycles. The summed E-state index contributed by atoms with van der Waals surface area (Å²) in [7, 11) is 0. The van der Waals surface area contributed by atoms with Gasteiger partial charge >= 0.3 is 0 Å². The molecule has 0 aliphatic heterocycles. The van der Waals surface area contributed by atoms with Gasteiger partial charge in [0.05, 0.1) is 11.2 Å². The van der Waals surface area contributed by atoms with Crippen molar-refractivity contribution in [1.82, 2.24) is 10.3 Å². The third-order valence-corrected chi connectivity index (χ3v) is 2.86. The number of nitrogens with zero attached hydrogens (tertiary/aromatic N) is 1. The summed E-state index contributed by atoms with van der Waals surface area (Å²) in [6, 6.07) is 0.532. The Kier molecular flexibility index (Phi) is 3.67. The van der Waals surface area contributed by atoms with Crippen LogP contribution in [0.3, 0.4) is 0 Å². The molecule has 0 radical (unpaired) electrons. The van der Waals surface area contributed by atoms with E-state index in [1.54, 1.807) is 11.3 Å². The molecule has 14 heavy (non-hydrogen) atoms. The fourth-order valence-electron chi connectivity index (χ4n) is 1.30. The molecule has 1 N–H and O–H groups in total. The van der Waals surface area contributed by atoms with Gasteiger partial charge < -0.3 is 5.32 Å². The van der Waals surface area contributed by atoms with Gasteiger partial charge in [-0.2, -0.15) is 0 Å². The van der Waals surface area contributed by atoms with Crippen LogP contribution in [0.1, 0.15) is 45.2 Å². The molecule has 1 rings (SSSR count). The molecular formula is C11H20N2S. The summed E-state index contributed by atoms with van der Waals surface area (Å²) in [5, 5.41) is 3.43. The fraction of sp³-hybridized carbons (Fsp3) is 0.727. The Balaban J connectivity index is 2.73. The summed E-state index contributed by atoms with van der Waals surface area (Å²) in [5.74, 6) is 0. The second-order valence-electron chi connectivity index (χ2n) is 4.91. The molecule has 80 valence electrons. The quantitative estimate of drug-likeness (QED) is 0.833. The van der Waals surface area contributed by atoms with Crippen LogP contribution in [0.2, 0.25) is 0 Å². The minimum absolute atomic E-state index is 0.161. The smallest absolute Gasteiger partial charge is 0.0798 e. The minimum atomic E-state index is 0.161. The van der Waals surface area contributed by atoms with Gasteiger partial charge in [0.2, 0.25) is 0 Å². The third-order valence-electron chi connectivity index (χ3n) is 2.02. The zero-order chi connectivity index (χ0) is 10.8. The first-order valence-corrected chi connectivity index (χ1v) is 5.95. The molecule has 0 spiro atoms. The molecule has 0 aliphatic rings. The highest BCUT2D eigenvalue weighted by Gasteiger charge is 2.20. The monoisotopic (exact) mass is 212 g/mol. The Morgan fingerprint density at radius 2 is 2.07 bits per heavy atom. The Morgan fingerprint density at radius 1 is 1.43 bits per heavy atom. The number of aromatic nitrogens is 1. The van der Waals surface area contributed by atoms with Crippen LogP contribution >= 0.6 is 11.3 Å². The highest BCUT2D eigenvalue weighted by molar-refractivity contribution is 7.09.